The van der Waals surface area contributed by atoms with Gasteiger partial charge in [-0.2, -0.15) is 0 Å². The Balaban J connectivity index is 1.55. The summed E-state index contributed by atoms with van der Waals surface area (Å²) in [5.74, 6) is -0.856. The number of nitro benzene ring substituents is 1. The molecule has 2 aromatic carbocycles. The Morgan fingerprint density at radius 3 is 2.50 bits per heavy atom. The van der Waals surface area contributed by atoms with Crippen molar-refractivity contribution in [2.24, 2.45) is 5.92 Å². The van der Waals surface area contributed by atoms with Gasteiger partial charge in [-0.05, 0) is 24.0 Å². The number of rotatable bonds is 4. The summed E-state index contributed by atoms with van der Waals surface area (Å²) < 4.78 is 0. The highest BCUT2D eigenvalue weighted by atomic mass is 16.6. The Morgan fingerprint density at radius 2 is 1.79 bits per heavy atom. The smallest absolute Gasteiger partial charge is 0.270 e. The molecule has 1 aliphatic carbocycles. The molecule has 0 bridgehead atoms. The molecule has 0 aromatic heterocycles. The summed E-state index contributed by atoms with van der Waals surface area (Å²) in [5, 5.41) is 10.7. The van der Waals surface area contributed by atoms with Gasteiger partial charge in [0, 0.05) is 23.6 Å². The SMILES string of the molecule is O=C(NNC(=O)C1CC1c1ccccc1)c1cccc([N+](=O)[O-])c1. The largest absolute Gasteiger partial charge is 0.273 e. The first-order valence-electron chi connectivity index (χ1n) is 7.46. The van der Waals surface area contributed by atoms with Crippen LogP contribution in [0.1, 0.15) is 28.3 Å². The second kappa shape index (κ2) is 6.49. The fraction of sp³-hybridized carbons (Fsp3) is 0.176. The lowest BCUT2D eigenvalue weighted by molar-refractivity contribution is -0.384. The van der Waals surface area contributed by atoms with Crippen molar-refractivity contribution in [3.63, 3.8) is 0 Å². The van der Waals surface area contributed by atoms with Crippen LogP contribution < -0.4 is 10.9 Å². The van der Waals surface area contributed by atoms with Crippen molar-refractivity contribution in [2.45, 2.75) is 12.3 Å². The Labute approximate surface area is 137 Å². The van der Waals surface area contributed by atoms with Crippen molar-refractivity contribution >= 4 is 17.5 Å². The summed E-state index contributed by atoms with van der Waals surface area (Å²) in [5.41, 5.74) is 5.71. The van der Waals surface area contributed by atoms with E-state index in [1.54, 1.807) is 0 Å². The molecular formula is C17H15N3O4. The van der Waals surface area contributed by atoms with Crippen molar-refractivity contribution in [1.29, 1.82) is 0 Å². The average molecular weight is 325 g/mol. The van der Waals surface area contributed by atoms with E-state index in [0.29, 0.717) is 0 Å². The van der Waals surface area contributed by atoms with Crippen molar-refractivity contribution in [3.8, 4) is 0 Å². The maximum absolute atomic E-state index is 12.1. The zero-order valence-electron chi connectivity index (χ0n) is 12.6. The fourth-order valence-electron chi connectivity index (χ4n) is 2.60. The lowest BCUT2D eigenvalue weighted by Crippen LogP contribution is -2.42. The van der Waals surface area contributed by atoms with Gasteiger partial charge in [-0.15, -0.1) is 0 Å². The minimum Gasteiger partial charge on any atom is -0.273 e. The molecule has 3 rings (SSSR count). The van der Waals surface area contributed by atoms with Crippen LogP contribution in [0.25, 0.3) is 0 Å². The first-order valence-corrected chi connectivity index (χ1v) is 7.46. The van der Waals surface area contributed by atoms with Crippen molar-refractivity contribution in [2.75, 3.05) is 0 Å². The van der Waals surface area contributed by atoms with Gasteiger partial charge >= 0.3 is 0 Å². The monoisotopic (exact) mass is 325 g/mol. The quantitative estimate of drug-likeness (QED) is 0.664. The molecule has 7 nitrogen and oxygen atoms in total. The van der Waals surface area contributed by atoms with Gasteiger partial charge < -0.3 is 0 Å². The third-order valence-corrected chi connectivity index (χ3v) is 3.97. The first-order chi connectivity index (χ1) is 11.6. The molecule has 2 amide bonds. The molecule has 2 aromatic rings. The van der Waals surface area contributed by atoms with Gasteiger partial charge in [0.25, 0.3) is 11.6 Å². The second-order valence-electron chi connectivity index (χ2n) is 5.61. The molecule has 0 saturated heterocycles. The highest BCUT2D eigenvalue weighted by Crippen LogP contribution is 2.47. The molecule has 1 saturated carbocycles. The third-order valence-electron chi connectivity index (χ3n) is 3.97. The fourth-order valence-corrected chi connectivity index (χ4v) is 2.60. The van der Waals surface area contributed by atoms with Gasteiger partial charge in [-0.1, -0.05) is 36.4 Å². The number of carbonyl (C=O) groups is 2. The topological polar surface area (TPSA) is 101 Å². The van der Waals surface area contributed by atoms with Gasteiger partial charge in [0.15, 0.2) is 0 Å². The van der Waals surface area contributed by atoms with Gasteiger partial charge in [0.2, 0.25) is 5.91 Å². The maximum atomic E-state index is 12.1. The molecule has 0 radical (unpaired) electrons. The van der Waals surface area contributed by atoms with Crippen LogP contribution in [0.15, 0.2) is 54.6 Å². The first kappa shape index (κ1) is 15.7. The lowest BCUT2D eigenvalue weighted by Gasteiger charge is -2.07. The molecule has 1 aliphatic rings. The zero-order chi connectivity index (χ0) is 17.1. The van der Waals surface area contributed by atoms with Gasteiger partial charge in [-0.3, -0.25) is 30.6 Å². The van der Waals surface area contributed by atoms with Gasteiger partial charge in [0.1, 0.15) is 0 Å². The molecule has 2 N–H and O–H groups in total. The summed E-state index contributed by atoms with van der Waals surface area (Å²) in [6, 6.07) is 15.0. The predicted octanol–water partition coefficient (Wildman–Crippen LogP) is 2.16. The molecule has 24 heavy (non-hydrogen) atoms. The Morgan fingerprint density at radius 1 is 1.04 bits per heavy atom. The van der Waals surface area contributed by atoms with E-state index in [4.69, 9.17) is 0 Å². The number of nitro groups is 1. The summed E-state index contributed by atoms with van der Waals surface area (Å²) in [7, 11) is 0. The van der Waals surface area contributed by atoms with E-state index in [0.717, 1.165) is 18.1 Å². The summed E-state index contributed by atoms with van der Waals surface area (Å²) in [6.45, 7) is 0. The van der Waals surface area contributed by atoms with E-state index in [1.165, 1.54) is 18.2 Å². The molecule has 1 fully saturated rings. The van der Waals surface area contributed by atoms with Gasteiger partial charge in [0.05, 0.1) is 4.92 Å². The zero-order valence-corrected chi connectivity index (χ0v) is 12.6. The molecule has 0 aliphatic heterocycles. The Bertz CT molecular complexity index is 791. The van der Waals surface area contributed by atoms with E-state index in [2.05, 4.69) is 10.9 Å². The van der Waals surface area contributed by atoms with Crippen LogP contribution in [0, 0.1) is 16.0 Å². The Hall–Kier alpha value is -3.22. The minimum absolute atomic E-state index is 0.111. The van der Waals surface area contributed by atoms with E-state index in [1.807, 2.05) is 30.3 Å². The van der Waals surface area contributed by atoms with Crippen LogP contribution >= 0.6 is 0 Å². The highest BCUT2D eigenvalue weighted by molar-refractivity contribution is 5.96. The maximum Gasteiger partial charge on any atom is 0.270 e. The van der Waals surface area contributed by atoms with Crippen LogP contribution in [-0.2, 0) is 4.79 Å². The number of hydrogen-bond acceptors (Lipinski definition) is 4. The minimum atomic E-state index is -0.594. The molecule has 0 heterocycles. The van der Waals surface area contributed by atoms with E-state index < -0.39 is 10.8 Å². The van der Waals surface area contributed by atoms with Crippen LogP contribution in [0.5, 0.6) is 0 Å². The van der Waals surface area contributed by atoms with Crippen LogP contribution in [0.4, 0.5) is 5.69 Å². The Kier molecular flexibility index (Phi) is 4.24. The number of carbonyl (C=O) groups excluding carboxylic acids is 2. The predicted molar refractivity (Wildman–Crippen MR) is 86.0 cm³/mol. The number of nitrogens with one attached hydrogen (secondary N) is 2. The van der Waals surface area contributed by atoms with Gasteiger partial charge in [-0.25, -0.2) is 0 Å². The second-order valence-corrected chi connectivity index (χ2v) is 5.61. The average Bonchev–Trinajstić information content (AvgIpc) is 3.41. The highest BCUT2D eigenvalue weighted by Gasteiger charge is 2.43. The number of hydrazine groups is 1. The normalized spacial score (nSPS) is 18.5. The van der Waals surface area contributed by atoms with Crippen LogP contribution in [0.3, 0.4) is 0 Å². The molecular weight excluding hydrogens is 310 g/mol. The number of nitrogens with zero attached hydrogens (tertiary/aromatic N) is 1. The van der Waals surface area contributed by atoms with E-state index in [9.17, 15) is 19.7 Å². The molecule has 2 unspecified atom stereocenters. The molecule has 0 spiro atoms. The summed E-state index contributed by atoms with van der Waals surface area (Å²) in [6.07, 6.45) is 0.739. The third kappa shape index (κ3) is 3.40. The van der Waals surface area contributed by atoms with Crippen LogP contribution in [-0.4, -0.2) is 16.7 Å². The number of hydrogen-bond donors (Lipinski definition) is 2. The summed E-state index contributed by atoms with van der Waals surface area (Å²) >= 11 is 0. The van der Waals surface area contributed by atoms with E-state index in [-0.39, 0.29) is 29.0 Å². The standard InChI is InChI=1S/C17H15N3O4/c21-16(12-7-4-8-13(9-12)20(23)24)18-19-17(22)15-10-14(15)11-5-2-1-3-6-11/h1-9,14-15H,10H2,(H,18,21)(H,19,22). The van der Waals surface area contributed by atoms with E-state index >= 15 is 0 Å². The van der Waals surface area contributed by atoms with Crippen molar-refractivity contribution in [3.05, 3.63) is 75.8 Å². The van der Waals surface area contributed by atoms with Crippen molar-refractivity contribution < 1.29 is 14.5 Å². The number of amides is 2. The van der Waals surface area contributed by atoms with Crippen LogP contribution in [0.2, 0.25) is 0 Å². The molecule has 2 atom stereocenters. The molecule has 122 valence electrons. The number of non-ortho nitro benzene ring substituents is 1. The number of benzene rings is 2. The molecule has 7 heteroatoms. The summed E-state index contributed by atoms with van der Waals surface area (Å²) in [4.78, 5) is 34.2. The lowest BCUT2D eigenvalue weighted by atomic mass is 10.1. The van der Waals surface area contributed by atoms with Crippen molar-refractivity contribution in [1.82, 2.24) is 10.9 Å².